The van der Waals surface area contributed by atoms with Crippen molar-refractivity contribution in [2.45, 2.75) is 39.3 Å². The Hall–Kier alpha value is -2.21. The maximum Gasteiger partial charge on any atom is 0.220 e. The Balaban J connectivity index is 1.55. The Morgan fingerprint density at radius 2 is 2.29 bits per heavy atom. The SMILES string of the molecule is CC(=O)N(Cc1ncc(C)o1)[C@@H]1CCN(CCc2ccccn2)C1. The van der Waals surface area contributed by atoms with Gasteiger partial charge in [-0.15, -0.1) is 0 Å². The van der Waals surface area contributed by atoms with Crippen LogP contribution in [0.3, 0.4) is 0 Å². The summed E-state index contributed by atoms with van der Waals surface area (Å²) in [6, 6.07) is 6.23. The number of pyridine rings is 1. The minimum absolute atomic E-state index is 0.0717. The molecule has 128 valence electrons. The average Bonchev–Trinajstić information content (AvgIpc) is 3.20. The number of amides is 1. The lowest BCUT2D eigenvalue weighted by atomic mass is 10.2. The molecule has 0 bridgehead atoms. The lowest BCUT2D eigenvalue weighted by Crippen LogP contribution is -2.40. The fraction of sp³-hybridized carbons (Fsp3) is 0.500. The molecule has 0 N–H and O–H groups in total. The molecule has 6 nitrogen and oxygen atoms in total. The molecule has 3 rings (SSSR count). The number of carbonyl (C=O) groups is 1. The Kier molecular flexibility index (Phi) is 5.25. The van der Waals surface area contributed by atoms with E-state index in [0.717, 1.165) is 43.9 Å². The summed E-state index contributed by atoms with van der Waals surface area (Å²) in [7, 11) is 0. The summed E-state index contributed by atoms with van der Waals surface area (Å²) in [4.78, 5) is 24.9. The summed E-state index contributed by atoms with van der Waals surface area (Å²) >= 11 is 0. The third kappa shape index (κ3) is 4.20. The fourth-order valence-corrected chi connectivity index (χ4v) is 3.21. The molecule has 1 aliphatic heterocycles. The first-order valence-corrected chi connectivity index (χ1v) is 8.42. The third-order valence-electron chi connectivity index (χ3n) is 4.48. The monoisotopic (exact) mass is 328 g/mol. The topological polar surface area (TPSA) is 62.5 Å². The molecule has 1 fully saturated rings. The van der Waals surface area contributed by atoms with Crippen LogP contribution in [0, 0.1) is 6.92 Å². The second-order valence-electron chi connectivity index (χ2n) is 6.33. The van der Waals surface area contributed by atoms with Crippen LogP contribution < -0.4 is 0 Å². The molecular formula is C18H24N4O2. The van der Waals surface area contributed by atoms with Crippen molar-refractivity contribution in [3.05, 3.63) is 47.9 Å². The van der Waals surface area contributed by atoms with Gasteiger partial charge in [0.2, 0.25) is 11.8 Å². The molecule has 1 aliphatic rings. The van der Waals surface area contributed by atoms with E-state index >= 15 is 0 Å². The first-order chi connectivity index (χ1) is 11.6. The number of hydrogen-bond acceptors (Lipinski definition) is 5. The van der Waals surface area contributed by atoms with Crippen LogP contribution in [0.25, 0.3) is 0 Å². The van der Waals surface area contributed by atoms with Crippen LogP contribution in [0.15, 0.2) is 35.0 Å². The maximum absolute atomic E-state index is 12.1. The second kappa shape index (κ2) is 7.57. The number of aromatic nitrogens is 2. The highest BCUT2D eigenvalue weighted by atomic mass is 16.4. The quantitative estimate of drug-likeness (QED) is 0.812. The van der Waals surface area contributed by atoms with Crippen LogP contribution in [0.2, 0.25) is 0 Å². The zero-order valence-corrected chi connectivity index (χ0v) is 14.3. The normalized spacial score (nSPS) is 18.0. The number of hydrogen-bond donors (Lipinski definition) is 0. The van der Waals surface area contributed by atoms with E-state index in [-0.39, 0.29) is 11.9 Å². The molecule has 1 atom stereocenters. The molecule has 0 spiro atoms. The molecule has 3 heterocycles. The molecule has 0 aromatic carbocycles. The summed E-state index contributed by atoms with van der Waals surface area (Å²) in [6.45, 7) is 6.80. The summed E-state index contributed by atoms with van der Waals surface area (Å²) in [6.07, 6.45) is 5.45. The van der Waals surface area contributed by atoms with Crippen LogP contribution in [-0.2, 0) is 17.8 Å². The molecule has 6 heteroatoms. The van der Waals surface area contributed by atoms with Crippen molar-refractivity contribution in [3.63, 3.8) is 0 Å². The van der Waals surface area contributed by atoms with Crippen molar-refractivity contribution in [1.82, 2.24) is 19.8 Å². The van der Waals surface area contributed by atoms with Crippen molar-refractivity contribution in [1.29, 1.82) is 0 Å². The molecule has 0 radical (unpaired) electrons. The first kappa shape index (κ1) is 16.6. The second-order valence-corrected chi connectivity index (χ2v) is 6.33. The molecule has 24 heavy (non-hydrogen) atoms. The lowest BCUT2D eigenvalue weighted by molar-refractivity contribution is -0.132. The van der Waals surface area contributed by atoms with Crippen LogP contribution in [0.4, 0.5) is 0 Å². The summed E-state index contributed by atoms with van der Waals surface area (Å²) in [5, 5.41) is 0. The zero-order chi connectivity index (χ0) is 16.9. The van der Waals surface area contributed by atoms with Crippen molar-refractivity contribution < 1.29 is 9.21 Å². The van der Waals surface area contributed by atoms with Gasteiger partial charge in [-0.3, -0.25) is 9.78 Å². The van der Waals surface area contributed by atoms with Gasteiger partial charge in [-0.05, 0) is 25.5 Å². The number of rotatable bonds is 6. The van der Waals surface area contributed by atoms with Gasteiger partial charge >= 0.3 is 0 Å². The standard InChI is InChI=1S/C18H24N4O2/c1-14-11-20-18(24-14)13-22(15(2)23)17-7-10-21(12-17)9-6-16-5-3-4-8-19-16/h3-5,8,11,17H,6-7,9-10,12-13H2,1-2H3/t17-/m1/s1. The lowest BCUT2D eigenvalue weighted by Gasteiger charge is -2.27. The number of nitrogens with zero attached hydrogens (tertiary/aromatic N) is 4. The smallest absolute Gasteiger partial charge is 0.220 e. The van der Waals surface area contributed by atoms with E-state index in [9.17, 15) is 4.79 Å². The maximum atomic E-state index is 12.1. The van der Waals surface area contributed by atoms with Gasteiger partial charge < -0.3 is 14.2 Å². The van der Waals surface area contributed by atoms with Gasteiger partial charge in [-0.2, -0.15) is 0 Å². The third-order valence-corrected chi connectivity index (χ3v) is 4.48. The van der Waals surface area contributed by atoms with Gasteiger partial charge in [0.05, 0.1) is 12.7 Å². The fourth-order valence-electron chi connectivity index (χ4n) is 3.21. The first-order valence-electron chi connectivity index (χ1n) is 8.42. The predicted molar refractivity (Wildman–Crippen MR) is 90.3 cm³/mol. The Morgan fingerprint density at radius 1 is 1.42 bits per heavy atom. The van der Waals surface area contributed by atoms with Crippen molar-refractivity contribution in [3.8, 4) is 0 Å². The molecule has 1 amide bonds. The molecule has 2 aromatic rings. The van der Waals surface area contributed by atoms with Crippen molar-refractivity contribution in [2.75, 3.05) is 19.6 Å². The Labute approximate surface area is 142 Å². The average molecular weight is 328 g/mol. The number of carbonyl (C=O) groups excluding carboxylic acids is 1. The zero-order valence-electron chi connectivity index (χ0n) is 14.3. The molecule has 2 aromatic heterocycles. The van der Waals surface area contributed by atoms with Crippen LogP contribution >= 0.6 is 0 Å². The molecule has 0 saturated carbocycles. The highest BCUT2D eigenvalue weighted by molar-refractivity contribution is 5.73. The molecule has 0 unspecified atom stereocenters. The minimum Gasteiger partial charge on any atom is -0.444 e. The van der Waals surface area contributed by atoms with E-state index in [1.807, 2.05) is 30.2 Å². The van der Waals surface area contributed by atoms with E-state index in [2.05, 4.69) is 20.9 Å². The van der Waals surface area contributed by atoms with Gasteiger partial charge in [-0.1, -0.05) is 6.07 Å². The van der Waals surface area contributed by atoms with Crippen LogP contribution in [0.5, 0.6) is 0 Å². The van der Waals surface area contributed by atoms with E-state index in [1.54, 1.807) is 13.1 Å². The van der Waals surface area contributed by atoms with E-state index in [4.69, 9.17) is 4.42 Å². The van der Waals surface area contributed by atoms with Crippen LogP contribution in [0.1, 0.15) is 30.7 Å². The summed E-state index contributed by atoms with van der Waals surface area (Å²) in [5.41, 5.74) is 1.11. The molecule has 0 aliphatic carbocycles. The van der Waals surface area contributed by atoms with Gasteiger partial charge in [0.15, 0.2) is 0 Å². The number of oxazole rings is 1. The van der Waals surface area contributed by atoms with E-state index in [1.165, 1.54) is 0 Å². The van der Waals surface area contributed by atoms with Gasteiger partial charge in [0.1, 0.15) is 5.76 Å². The predicted octanol–water partition coefficient (Wildman–Crippen LogP) is 2.04. The van der Waals surface area contributed by atoms with E-state index in [0.29, 0.717) is 12.4 Å². The Bertz CT molecular complexity index is 671. The Morgan fingerprint density at radius 3 is 2.96 bits per heavy atom. The highest BCUT2D eigenvalue weighted by Gasteiger charge is 2.30. The summed E-state index contributed by atoms with van der Waals surface area (Å²) < 4.78 is 5.53. The number of likely N-dealkylation sites (tertiary alicyclic amines) is 1. The molecule has 1 saturated heterocycles. The van der Waals surface area contributed by atoms with Crippen molar-refractivity contribution in [2.24, 2.45) is 0 Å². The largest absolute Gasteiger partial charge is 0.444 e. The molecular weight excluding hydrogens is 304 g/mol. The van der Waals surface area contributed by atoms with Gasteiger partial charge in [-0.25, -0.2) is 4.98 Å². The minimum atomic E-state index is 0.0717. The van der Waals surface area contributed by atoms with Crippen LogP contribution in [-0.4, -0.2) is 51.4 Å². The van der Waals surface area contributed by atoms with E-state index < -0.39 is 0 Å². The number of aryl methyl sites for hydroxylation is 1. The van der Waals surface area contributed by atoms with Crippen molar-refractivity contribution >= 4 is 5.91 Å². The van der Waals surface area contributed by atoms with Gasteiger partial charge in [0, 0.05) is 50.9 Å². The highest BCUT2D eigenvalue weighted by Crippen LogP contribution is 2.19. The van der Waals surface area contributed by atoms with Gasteiger partial charge in [0.25, 0.3) is 0 Å². The summed E-state index contributed by atoms with van der Waals surface area (Å²) in [5.74, 6) is 1.45.